The number of fused-ring (bicyclic) bond motifs is 1. The van der Waals surface area contributed by atoms with Gasteiger partial charge in [-0.3, -0.25) is 9.69 Å². The first-order valence-corrected chi connectivity index (χ1v) is 11.1. The highest BCUT2D eigenvalue weighted by atomic mass is 32.1. The summed E-state index contributed by atoms with van der Waals surface area (Å²) >= 11 is 1.36. The summed E-state index contributed by atoms with van der Waals surface area (Å²) in [6, 6.07) is 3.72. The molecule has 9 nitrogen and oxygen atoms in total. The fraction of sp³-hybridized carbons (Fsp3) is 0.429. The van der Waals surface area contributed by atoms with Crippen LogP contribution in [0.1, 0.15) is 29.1 Å². The second-order valence-electron chi connectivity index (χ2n) is 7.50. The Morgan fingerprint density at radius 3 is 2.87 bits per heavy atom. The van der Waals surface area contributed by atoms with Crippen molar-refractivity contribution in [3.8, 4) is 5.88 Å². The number of amides is 1. The lowest BCUT2D eigenvalue weighted by Crippen LogP contribution is -2.43. The molecule has 1 fully saturated rings. The van der Waals surface area contributed by atoms with Gasteiger partial charge in [-0.2, -0.15) is 0 Å². The first-order chi connectivity index (χ1) is 15.0. The van der Waals surface area contributed by atoms with Gasteiger partial charge in [-0.25, -0.2) is 15.0 Å². The maximum Gasteiger partial charge on any atom is 0.262 e. The number of pyridine rings is 1. The van der Waals surface area contributed by atoms with Gasteiger partial charge in [0.2, 0.25) is 5.88 Å². The molecule has 164 valence electrons. The summed E-state index contributed by atoms with van der Waals surface area (Å²) in [5.74, 6) is 1.01. The average Bonchev–Trinajstić information content (AvgIpc) is 3.11. The Bertz CT molecular complexity index is 1060. The van der Waals surface area contributed by atoms with Gasteiger partial charge in [0.05, 0.1) is 36.2 Å². The van der Waals surface area contributed by atoms with Gasteiger partial charge >= 0.3 is 0 Å². The van der Waals surface area contributed by atoms with Gasteiger partial charge in [0.1, 0.15) is 22.7 Å². The van der Waals surface area contributed by atoms with Crippen molar-refractivity contribution in [2.45, 2.75) is 26.9 Å². The summed E-state index contributed by atoms with van der Waals surface area (Å²) < 4.78 is 11.2. The van der Waals surface area contributed by atoms with E-state index in [1.54, 1.807) is 6.20 Å². The Balaban J connectivity index is 1.58. The van der Waals surface area contributed by atoms with E-state index in [4.69, 9.17) is 9.47 Å². The SMILES string of the molecule is Cc1c(C(=O)NCN2CCOCC2)sc2ncnc(Nc3cccnc3OC(C)C)c12. The highest BCUT2D eigenvalue weighted by Crippen LogP contribution is 2.35. The van der Waals surface area contributed by atoms with Gasteiger partial charge < -0.3 is 20.1 Å². The number of aromatic nitrogens is 3. The number of nitrogens with zero attached hydrogens (tertiary/aromatic N) is 4. The molecule has 31 heavy (non-hydrogen) atoms. The second-order valence-corrected chi connectivity index (χ2v) is 8.50. The van der Waals surface area contributed by atoms with E-state index in [-0.39, 0.29) is 12.0 Å². The maximum absolute atomic E-state index is 12.9. The van der Waals surface area contributed by atoms with Crippen LogP contribution in [0.5, 0.6) is 5.88 Å². The predicted molar refractivity (Wildman–Crippen MR) is 120 cm³/mol. The number of aryl methyl sites for hydroxylation is 1. The molecule has 0 bridgehead atoms. The highest BCUT2D eigenvalue weighted by Gasteiger charge is 2.21. The van der Waals surface area contributed by atoms with Crippen LogP contribution in [-0.4, -0.2) is 64.8 Å². The number of hydrogen-bond acceptors (Lipinski definition) is 9. The number of carbonyl (C=O) groups is 1. The largest absolute Gasteiger partial charge is 0.473 e. The van der Waals surface area contributed by atoms with Gasteiger partial charge in [-0.05, 0) is 38.5 Å². The standard InChI is InChI=1S/C21H26N6O3S/c1-13(2)30-20-15(5-4-6-22-20)26-18-16-14(3)17(31-21(16)24-11-23-18)19(28)25-12-27-7-9-29-10-8-27/h4-6,11,13H,7-10,12H2,1-3H3,(H,25,28)(H,23,24,26). The topological polar surface area (TPSA) is 102 Å². The van der Waals surface area contributed by atoms with Crippen LogP contribution in [0.25, 0.3) is 10.2 Å². The zero-order chi connectivity index (χ0) is 21.8. The van der Waals surface area contributed by atoms with Crippen molar-refractivity contribution in [3.05, 3.63) is 35.1 Å². The van der Waals surface area contributed by atoms with E-state index in [1.165, 1.54) is 17.7 Å². The monoisotopic (exact) mass is 442 g/mol. The van der Waals surface area contributed by atoms with E-state index in [1.807, 2.05) is 32.9 Å². The molecule has 1 aliphatic heterocycles. The fourth-order valence-electron chi connectivity index (χ4n) is 3.34. The molecule has 2 N–H and O–H groups in total. The molecule has 0 saturated carbocycles. The molecule has 0 atom stereocenters. The van der Waals surface area contributed by atoms with Crippen molar-refractivity contribution >= 4 is 39.0 Å². The smallest absolute Gasteiger partial charge is 0.262 e. The van der Waals surface area contributed by atoms with Crippen molar-refractivity contribution in [1.82, 2.24) is 25.2 Å². The maximum atomic E-state index is 12.9. The number of nitrogens with one attached hydrogen (secondary N) is 2. The van der Waals surface area contributed by atoms with Crippen LogP contribution < -0.4 is 15.4 Å². The van der Waals surface area contributed by atoms with Gasteiger partial charge in [-0.15, -0.1) is 11.3 Å². The van der Waals surface area contributed by atoms with Gasteiger partial charge in [0.25, 0.3) is 5.91 Å². The third-order valence-corrected chi connectivity index (χ3v) is 6.07. The first kappa shape index (κ1) is 21.4. The highest BCUT2D eigenvalue weighted by molar-refractivity contribution is 7.20. The van der Waals surface area contributed by atoms with E-state index >= 15 is 0 Å². The van der Waals surface area contributed by atoms with Gasteiger partial charge in [-0.1, -0.05) is 0 Å². The van der Waals surface area contributed by atoms with Crippen LogP contribution in [0.15, 0.2) is 24.7 Å². The van der Waals surface area contributed by atoms with Gasteiger partial charge in [0, 0.05) is 19.3 Å². The number of carbonyl (C=O) groups excluding carboxylic acids is 1. The quantitative estimate of drug-likeness (QED) is 0.576. The van der Waals surface area contributed by atoms with Crippen molar-refractivity contribution in [3.63, 3.8) is 0 Å². The number of ether oxygens (including phenoxy) is 2. The Morgan fingerprint density at radius 2 is 2.10 bits per heavy atom. The molecule has 1 amide bonds. The molecule has 0 radical (unpaired) electrons. The predicted octanol–water partition coefficient (Wildman–Crippen LogP) is 2.95. The minimum atomic E-state index is -0.108. The fourth-order valence-corrected chi connectivity index (χ4v) is 4.40. The molecule has 0 unspecified atom stereocenters. The van der Waals surface area contributed by atoms with Gasteiger partial charge in [0.15, 0.2) is 0 Å². The second kappa shape index (κ2) is 9.54. The Kier molecular flexibility index (Phi) is 6.59. The number of anilines is 2. The third-order valence-electron chi connectivity index (χ3n) is 4.87. The molecule has 0 spiro atoms. The van der Waals surface area contributed by atoms with E-state index in [2.05, 4.69) is 30.5 Å². The minimum absolute atomic E-state index is 0.00878. The van der Waals surface area contributed by atoms with Crippen LogP contribution in [0, 0.1) is 6.92 Å². The molecule has 4 heterocycles. The summed E-state index contributed by atoms with van der Waals surface area (Å²) in [6.45, 7) is 9.34. The molecule has 0 aromatic carbocycles. The Labute approximate surface area is 184 Å². The Morgan fingerprint density at radius 1 is 1.29 bits per heavy atom. The van der Waals surface area contributed by atoms with E-state index in [0.717, 1.165) is 28.9 Å². The molecule has 1 aliphatic rings. The van der Waals surface area contributed by atoms with Crippen molar-refractivity contribution in [2.24, 2.45) is 0 Å². The summed E-state index contributed by atoms with van der Waals surface area (Å²) in [6.07, 6.45) is 3.17. The van der Waals surface area contributed by atoms with E-state index in [0.29, 0.717) is 42.1 Å². The summed E-state index contributed by atoms with van der Waals surface area (Å²) in [5, 5.41) is 7.15. The number of hydrogen-bond donors (Lipinski definition) is 2. The minimum Gasteiger partial charge on any atom is -0.473 e. The van der Waals surface area contributed by atoms with Crippen LogP contribution in [0.2, 0.25) is 0 Å². The number of morpholine rings is 1. The van der Waals surface area contributed by atoms with Crippen LogP contribution in [0.3, 0.4) is 0 Å². The summed E-state index contributed by atoms with van der Waals surface area (Å²) in [4.78, 5) is 29.5. The molecule has 4 rings (SSSR count). The number of thiophene rings is 1. The molecular formula is C21H26N6O3S. The molecule has 1 saturated heterocycles. The lowest BCUT2D eigenvalue weighted by molar-refractivity contribution is 0.0335. The third kappa shape index (κ3) is 4.92. The Hall–Kier alpha value is -2.82. The van der Waals surface area contributed by atoms with Crippen molar-refractivity contribution in [1.29, 1.82) is 0 Å². The molecule has 3 aromatic rings. The molecule has 0 aliphatic carbocycles. The summed E-state index contributed by atoms with van der Waals surface area (Å²) in [7, 11) is 0. The molecular weight excluding hydrogens is 416 g/mol. The zero-order valence-electron chi connectivity index (χ0n) is 17.8. The first-order valence-electron chi connectivity index (χ1n) is 10.2. The number of rotatable bonds is 7. The lowest BCUT2D eigenvalue weighted by atomic mass is 10.2. The van der Waals surface area contributed by atoms with Crippen LogP contribution in [0.4, 0.5) is 11.5 Å². The van der Waals surface area contributed by atoms with E-state index in [9.17, 15) is 4.79 Å². The lowest BCUT2D eigenvalue weighted by Gasteiger charge is -2.26. The molecule has 10 heteroatoms. The summed E-state index contributed by atoms with van der Waals surface area (Å²) in [5.41, 5.74) is 1.55. The van der Waals surface area contributed by atoms with Crippen molar-refractivity contribution in [2.75, 3.05) is 38.3 Å². The van der Waals surface area contributed by atoms with Crippen LogP contribution in [-0.2, 0) is 4.74 Å². The van der Waals surface area contributed by atoms with Crippen LogP contribution >= 0.6 is 11.3 Å². The zero-order valence-corrected chi connectivity index (χ0v) is 18.7. The van der Waals surface area contributed by atoms with Crippen molar-refractivity contribution < 1.29 is 14.3 Å². The normalized spacial score (nSPS) is 14.7. The van der Waals surface area contributed by atoms with E-state index < -0.39 is 0 Å². The molecule has 3 aromatic heterocycles. The average molecular weight is 443 g/mol.